The fourth-order valence-corrected chi connectivity index (χ4v) is 2.88. The van der Waals surface area contributed by atoms with Crippen LogP contribution in [0.15, 0.2) is 23.7 Å². The minimum atomic E-state index is -0.640. The van der Waals surface area contributed by atoms with Crippen LogP contribution >= 0.6 is 11.6 Å². The first-order chi connectivity index (χ1) is 13.2. The number of benzene rings is 1. The number of carbonyl (C=O) groups excluding carboxylic acids is 1. The van der Waals surface area contributed by atoms with Gasteiger partial charge in [0.2, 0.25) is 0 Å². The van der Waals surface area contributed by atoms with Crippen LogP contribution in [0.1, 0.15) is 54.0 Å². The zero-order valence-corrected chi connectivity index (χ0v) is 19.3. The molecular formula is C21H31BClNO5. The predicted octanol–water partition coefficient (Wildman–Crippen LogP) is 4.89. The molecule has 0 bridgehead atoms. The van der Waals surface area contributed by atoms with Crippen LogP contribution in [0.25, 0.3) is 6.08 Å². The Kier molecular flexibility index (Phi) is 6.98. The fourth-order valence-electron chi connectivity index (χ4n) is 2.70. The van der Waals surface area contributed by atoms with Crippen molar-refractivity contribution in [3.8, 4) is 5.75 Å². The third kappa shape index (κ3) is 6.14. The zero-order valence-electron chi connectivity index (χ0n) is 18.5. The molecule has 1 saturated heterocycles. The highest BCUT2D eigenvalue weighted by Gasteiger charge is 2.52. The number of halogens is 1. The van der Waals surface area contributed by atoms with Gasteiger partial charge in [0.15, 0.2) is 0 Å². The first kappa shape index (κ1) is 23.6. The van der Waals surface area contributed by atoms with Gasteiger partial charge in [-0.15, -0.1) is 0 Å². The maximum Gasteiger partial charge on any atom is 0.492 e. The molecule has 1 amide bonds. The van der Waals surface area contributed by atoms with Gasteiger partial charge in [-0.3, -0.25) is 0 Å². The van der Waals surface area contributed by atoms with Crippen molar-refractivity contribution in [1.82, 2.24) is 5.32 Å². The lowest BCUT2D eigenvalue weighted by Gasteiger charge is -2.32. The second-order valence-corrected chi connectivity index (χ2v) is 9.49. The lowest BCUT2D eigenvalue weighted by molar-refractivity contribution is 0.00578. The minimum Gasteiger partial charge on any atom is -0.496 e. The van der Waals surface area contributed by atoms with Gasteiger partial charge in [0, 0.05) is 17.1 Å². The van der Waals surface area contributed by atoms with Crippen molar-refractivity contribution in [2.75, 3.05) is 13.7 Å². The first-order valence-electron chi connectivity index (χ1n) is 9.60. The third-order valence-corrected chi connectivity index (χ3v) is 5.16. The average molecular weight is 424 g/mol. The second-order valence-electron chi connectivity index (χ2n) is 9.05. The van der Waals surface area contributed by atoms with Crippen molar-refractivity contribution < 1.29 is 23.6 Å². The van der Waals surface area contributed by atoms with E-state index in [-0.39, 0.29) is 6.54 Å². The Balaban J connectivity index is 2.34. The molecule has 8 heteroatoms. The van der Waals surface area contributed by atoms with Crippen molar-refractivity contribution in [2.24, 2.45) is 0 Å². The van der Waals surface area contributed by atoms with Crippen LogP contribution < -0.4 is 10.1 Å². The molecule has 0 atom stereocenters. The Bertz CT molecular complexity index is 770. The van der Waals surface area contributed by atoms with Gasteiger partial charge in [0.25, 0.3) is 0 Å². The SMILES string of the molecule is COc1ccc(Cl)cc1C=C(CNC(=O)OC(C)(C)C)B1OC(C)(C)C(C)(C)O1. The van der Waals surface area contributed by atoms with E-state index in [0.29, 0.717) is 10.8 Å². The third-order valence-electron chi connectivity index (χ3n) is 4.92. The Hall–Kier alpha value is -1.70. The van der Waals surface area contributed by atoms with E-state index in [1.54, 1.807) is 25.3 Å². The van der Waals surface area contributed by atoms with Gasteiger partial charge < -0.3 is 24.1 Å². The molecule has 0 unspecified atom stereocenters. The summed E-state index contributed by atoms with van der Waals surface area (Å²) < 4.78 is 23.1. The van der Waals surface area contributed by atoms with E-state index in [4.69, 9.17) is 30.4 Å². The molecule has 6 nitrogen and oxygen atoms in total. The van der Waals surface area contributed by atoms with Gasteiger partial charge in [-0.2, -0.15) is 0 Å². The summed E-state index contributed by atoms with van der Waals surface area (Å²) in [5, 5.41) is 3.35. The topological polar surface area (TPSA) is 66.0 Å². The van der Waals surface area contributed by atoms with E-state index in [2.05, 4.69) is 5.32 Å². The molecular weight excluding hydrogens is 392 g/mol. The number of ether oxygens (including phenoxy) is 2. The van der Waals surface area contributed by atoms with E-state index in [1.807, 2.05) is 54.5 Å². The smallest absolute Gasteiger partial charge is 0.492 e. The van der Waals surface area contributed by atoms with Gasteiger partial charge in [-0.05, 0) is 72.1 Å². The molecule has 0 saturated carbocycles. The van der Waals surface area contributed by atoms with Crippen molar-refractivity contribution in [3.05, 3.63) is 34.3 Å². The number of nitrogens with one attached hydrogen (secondary N) is 1. The molecule has 160 valence electrons. The number of hydrogen-bond donors (Lipinski definition) is 1. The van der Waals surface area contributed by atoms with Gasteiger partial charge in [0.1, 0.15) is 11.4 Å². The van der Waals surface area contributed by atoms with Crippen LogP contribution in [-0.2, 0) is 14.0 Å². The molecule has 1 aliphatic heterocycles. The summed E-state index contributed by atoms with van der Waals surface area (Å²) in [6, 6.07) is 5.33. The standard InChI is InChI=1S/C21H31BClNO5/c1-19(2,3)27-18(25)24-13-15(22-28-20(4,5)21(6,7)29-22)11-14-12-16(23)9-10-17(14)26-8/h9-12H,13H2,1-8H3,(H,24,25). The van der Waals surface area contributed by atoms with Crippen molar-refractivity contribution in [2.45, 2.75) is 65.3 Å². The van der Waals surface area contributed by atoms with Crippen LogP contribution in [0.5, 0.6) is 5.75 Å². The fraction of sp³-hybridized carbons (Fsp3) is 0.571. The van der Waals surface area contributed by atoms with E-state index < -0.39 is 30.0 Å². The zero-order chi connectivity index (χ0) is 22.0. The number of rotatable bonds is 5. The molecule has 0 aromatic heterocycles. The largest absolute Gasteiger partial charge is 0.496 e. The van der Waals surface area contributed by atoms with Gasteiger partial charge in [0.05, 0.1) is 18.3 Å². The minimum absolute atomic E-state index is 0.182. The molecule has 1 aromatic rings. The molecule has 0 spiro atoms. The number of hydrogen-bond acceptors (Lipinski definition) is 5. The number of amides is 1. The maximum atomic E-state index is 12.2. The lowest BCUT2D eigenvalue weighted by Crippen LogP contribution is -2.41. The van der Waals surface area contributed by atoms with Crippen LogP contribution in [-0.4, -0.2) is 43.7 Å². The van der Waals surface area contributed by atoms with E-state index in [0.717, 1.165) is 11.0 Å². The highest BCUT2D eigenvalue weighted by Crippen LogP contribution is 2.39. The highest BCUT2D eigenvalue weighted by molar-refractivity contribution is 6.56. The molecule has 1 heterocycles. The Morgan fingerprint density at radius 2 is 1.79 bits per heavy atom. The Morgan fingerprint density at radius 3 is 2.31 bits per heavy atom. The summed E-state index contributed by atoms with van der Waals surface area (Å²) in [4.78, 5) is 12.2. The predicted molar refractivity (Wildman–Crippen MR) is 116 cm³/mol. The van der Waals surface area contributed by atoms with Gasteiger partial charge in [-0.25, -0.2) is 4.79 Å². The average Bonchev–Trinajstić information content (AvgIpc) is 2.77. The Morgan fingerprint density at radius 1 is 1.21 bits per heavy atom. The molecule has 1 aliphatic rings. The van der Waals surface area contributed by atoms with Crippen LogP contribution in [0.3, 0.4) is 0 Å². The first-order valence-corrected chi connectivity index (χ1v) is 9.98. The molecule has 0 radical (unpaired) electrons. The lowest BCUT2D eigenvalue weighted by atomic mass is 9.77. The molecule has 1 N–H and O–H groups in total. The summed E-state index contributed by atoms with van der Waals surface area (Å²) in [6.07, 6.45) is 1.35. The highest BCUT2D eigenvalue weighted by atomic mass is 35.5. The molecule has 2 rings (SSSR count). The summed E-state index contributed by atoms with van der Waals surface area (Å²) in [7, 11) is 0.951. The molecule has 29 heavy (non-hydrogen) atoms. The van der Waals surface area contributed by atoms with E-state index in [1.165, 1.54) is 0 Å². The van der Waals surface area contributed by atoms with Crippen LogP contribution in [0.4, 0.5) is 4.79 Å². The number of alkyl carbamates (subject to hydrolysis) is 1. The summed E-state index contributed by atoms with van der Waals surface area (Å²) in [6.45, 7) is 13.5. The molecule has 1 aromatic carbocycles. The van der Waals surface area contributed by atoms with Crippen molar-refractivity contribution in [1.29, 1.82) is 0 Å². The van der Waals surface area contributed by atoms with E-state index >= 15 is 0 Å². The van der Waals surface area contributed by atoms with Gasteiger partial charge in [-0.1, -0.05) is 17.7 Å². The van der Waals surface area contributed by atoms with Gasteiger partial charge >= 0.3 is 13.2 Å². The second kappa shape index (κ2) is 8.58. The van der Waals surface area contributed by atoms with Crippen molar-refractivity contribution >= 4 is 30.9 Å². The number of methoxy groups -OCH3 is 1. The number of carbonyl (C=O) groups is 1. The van der Waals surface area contributed by atoms with Crippen LogP contribution in [0.2, 0.25) is 5.02 Å². The normalized spacial score (nSPS) is 18.5. The molecule has 0 aliphatic carbocycles. The quantitative estimate of drug-likeness (QED) is 0.683. The maximum absolute atomic E-state index is 12.2. The molecule has 1 fully saturated rings. The Labute approximate surface area is 179 Å². The van der Waals surface area contributed by atoms with Crippen LogP contribution in [0, 0.1) is 0 Å². The summed E-state index contributed by atoms with van der Waals surface area (Å²) >= 11 is 6.17. The van der Waals surface area contributed by atoms with Crippen molar-refractivity contribution in [3.63, 3.8) is 0 Å². The summed E-state index contributed by atoms with van der Waals surface area (Å²) in [5.41, 5.74) is -0.137. The van der Waals surface area contributed by atoms with E-state index in [9.17, 15) is 4.79 Å². The summed E-state index contributed by atoms with van der Waals surface area (Å²) in [5.74, 6) is 0.653. The monoisotopic (exact) mass is 423 g/mol.